The summed E-state index contributed by atoms with van der Waals surface area (Å²) in [5, 5.41) is 16.4. The molecule has 2 saturated heterocycles. The van der Waals surface area contributed by atoms with Crippen LogP contribution in [0.25, 0.3) is 5.65 Å². The molecule has 138 valence electrons. The quantitative estimate of drug-likeness (QED) is 0.864. The highest BCUT2D eigenvalue weighted by atomic mass is 16.5. The number of nitrogens with zero attached hydrogens (tertiary/aromatic N) is 5. The molecule has 5 rings (SSSR count). The highest BCUT2D eigenvalue weighted by Gasteiger charge is 2.31. The van der Waals surface area contributed by atoms with Crippen LogP contribution in [0.15, 0.2) is 12.1 Å². The van der Waals surface area contributed by atoms with Crippen LogP contribution in [-0.4, -0.2) is 58.1 Å². The number of amides is 1. The standard InChI is InChI=1S/C18H24N6O2/c25-18(14-5-2-8-26-14)19-9-12-10-23(11-12)16-7-6-15-20-21-17(24(15)22-16)13-3-1-4-13/h6-7,12-14H,1-5,8-11H2,(H,19,25). The Hall–Kier alpha value is -2.22. The van der Waals surface area contributed by atoms with Crippen molar-refractivity contribution in [1.82, 2.24) is 25.1 Å². The molecule has 4 heterocycles. The van der Waals surface area contributed by atoms with Crippen molar-refractivity contribution in [3.05, 3.63) is 18.0 Å². The molecule has 0 radical (unpaired) electrons. The van der Waals surface area contributed by atoms with Gasteiger partial charge in [-0.05, 0) is 37.8 Å². The minimum Gasteiger partial charge on any atom is -0.368 e. The van der Waals surface area contributed by atoms with E-state index >= 15 is 0 Å². The molecular formula is C18H24N6O2. The van der Waals surface area contributed by atoms with Gasteiger partial charge < -0.3 is 15.0 Å². The fourth-order valence-corrected chi connectivity index (χ4v) is 3.91. The van der Waals surface area contributed by atoms with Crippen LogP contribution in [0, 0.1) is 5.92 Å². The molecule has 2 aromatic heterocycles. The van der Waals surface area contributed by atoms with Crippen molar-refractivity contribution >= 4 is 17.4 Å². The zero-order valence-corrected chi connectivity index (χ0v) is 14.8. The lowest BCUT2D eigenvalue weighted by atomic mass is 9.85. The van der Waals surface area contributed by atoms with Gasteiger partial charge in [0.2, 0.25) is 5.91 Å². The van der Waals surface area contributed by atoms with E-state index in [0.29, 0.717) is 25.0 Å². The molecule has 8 nitrogen and oxygen atoms in total. The van der Waals surface area contributed by atoms with E-state index in [1.54, 1.807) is 0 Å². The molecule has 2 aliphatic heterocycles. The van der Waals surface area contributed by atoms with Crippen LogP contribution in [0.5, 0.6) is 0 Å². The fourth-order valence-electron chi connectivity index (χ4n) is 3.91. The number of hydrogen-bond acceptors (Lipinski definition) is 6. The number of anilines is 1. The SMILES string of the molecule is O=C(NCC1CN(c2ccc3nnc(C4CCC4)n3n2)C1)C1CCCO1. The van der Waals surface area contributed by atoms with Crippen molar-refractivity contribution in [3.63, 3.8) is 0 Å². The monoisotopic (exact) mass is 356 g/mol. The Morgan fingerprint density at radius 3 is 2.81 bits per heavy atom. The first kappa shape index (κ1) is 16.0. The average molecular weight is 356 g/mol. The van der Waals surface area contributed by atoms with E-state index in [9.17, 15) is 4.79 Å². The van der Waals surface area contributed by atoms with Crippen molar-refractivity contribution in [2.75, 3.05) is 31.1 Å². The predicted molar refractivity (Wildman–Crippen MR) is 95.1 cm³/mol. The molecule has 1 amide bonds. The third kappa shape index (κ3) is 2.82. The Kier molecular flexibility index (Phi) is 4.00. The second kappa shape index (κ2) is 6.50. The van der Waals surface area contributed by atoms with E-state index in [2.05, 4.69) is 20.4 Å². The molecule has 1 unspecified atom stereocenters. The Bertz CT molecular complexity index is 805. The first-order valence-corrected chi connectivity index (χ1v) is 9.64. The van der Waals surface area contributed by atoms with Crippen LogP contribution in [0.2, 0.25) is 0 Å². The summed E-state index contributed by atoms with van der Waals surface area (Å²) in [4.78, 5) is 14.3. The van der Waals surface area contributed by atoms with Crippen LogP contribution in [0.1, 0.15) is 43.8 Å². The summed E-state index contributed by atoms with van der Waals surface area (Å²) in [6.45, 7) is 3.23. The highest BCUT2D eigenvalue weighted by molar-refractivity contribution is 5.81. The van der Waals surface area contributed by atoms with Crippen molar-refractivity contribution in [2.45, 2.75) is 44.1 Å². The number of fused-ring (bicyclic) bond motifs is 1. The van der Waals surface area contributed by atoms with Crippen LogP contribution in [-0.2, 0) is 9.53 Å². The number of carbonyl (C=O) groups is 1. The molecule has 2 aromatic rings. The summed E-state index contributed by atoms with van der Waals surface area (Å²) in [5.74, 6) is 2.96. The molecule has 1 N–H and O–H groups in total. The van der Waals surface area contributed by atoms with Gasteiger partial charge in [0, 0.05) is 38.1 Å². The summed E-state index contributed by atoms with van der Waals surface area (Å²) in [6, 6.07) is 4.00. The summed E-state index contributed by atoms with van der Waals surface area (Å²) in [6.07, 6.45) is 5.22. The minimum absolute atomic E-state index is 0.0372. The molecule has 3 fully saturated rings. The lowest BCUT2D eigenvalue weighted by Gasteiger charge is -2.40. The molecule has 1 saturated carbocycles. The highest BCUT2D eigenvalue weighted by Crippen LogP contribution is 2.35. The molecule has 0 aromatic carbocycles. The first-order valence-electron chi connectivity index (χ1n) is 9.64. The Morgan fingerprint density at radius 1 is 1.19 bits per heavy atom. The summed E-state index contributed by atoms with van der Waals surface area (Å²) in [7, 11) is 0. The lowest BCUT2D eigenvalue weighted by molar-refractivity contribution is -0.130. The van der Waals surface area contributed by atoms with Gasteiger partial charge >= 0.3 is 0 Å². The maximum absolute atomic E-state index is 12.0. The number of hydrogen-bond donors (Lipinski definition) is 1. The van der Waals surface area contributed by atoms with Gasteiger partial charge in [-0.2, -0.15) is 4.52 Å². The third-order valence-corrected chi connectivity index (χ3v) is 5.81. The van der Waals surface area contributed by atoms with E-state index < -0.39 is 0 Å². The van der Waals surface area contributed by atoms with Crippen molar-refractivity contribution in [2.24, 2.45) is 5.92 Å². The smallest absolute Gasteiger partial charge is 0.249 e. The zero-order valence-electron chi connectivity index (χ0n) is 14.8. The number of aromatic nitrogens is 4. The average Bonchev–Trinajstić information content (AvgIpc) is 3.22. The van der Waals surface area contributed by atoms with Crippen LogP contribution in [0.4, 0.5) is 5.82 Å². The fraction of sp³-hybridized carbons (Fsp3) is 0.667. The van der Waals surface area contributed by atoms with Gasteiger partial charge in [0.25, 0.3) is 0 Å². The number of ether oxygens (including phenoxy) is 1. The predicted octanol–water partition coefficient (Wildman–Crippen LogP) is 1.12. The van der Waals surface area contributed by atoms with E-state index in [4.69, 9.17) is 9.84 Å². The minimum atomic E-state index is -0.242. The summed E-state index contributed by atoms with van der Waals surface area (Å²) < 4.78 is 7.33. The summed E-state index contributed by atoms with van der Waals surface area (Å²) in [5.41, 5.74) is 0.816. The Balaban J connectivity index is 1.18. The van der Waals surface area contributed by atoms with Crippen LogP contribution < -0.4 is 10.2 Å². The lowest BCUT2D eigenvalue weighted by Crippen LogP contribution is -2.52. The van der Waals surface area contributed by atoms with Crippen molar-refractivity contribution < 1.29 is 9.53 Å². The van der Waals surface area contributed by atoms with Gasteiger partial charge in [0.05, 0.1) is 0 Å². The zero-order chi connectivity index (χ0) is 17.5. The van der Waals surface area contributed by atoms with Gasteiger partial charge in [-0.25, -0.2) is 0 Å². The van der Waals surface area contributed by atoms with Gasteiger partial charge in [0.1, 0.15) is 11.9 Å². The van der Waals surface area contributed by atoms with Crippen LogP contribution in [0.3, 0.4) is 0 Å². The molecule has 8 heteroatoms. The second-order valence-corrected chi connectivity index (χ2v) is 7.67. The largest absolute Gasteiger partial charge is 0.368 e. The van der Waals surface area contributed by atoms with Gasteiger partial charge in [-0.15, -0.1) is 15.3 Å². The van der Waals surface area contributed by atoms with Crippen LogP contribution >= 0.6 is 0 Å². The van der Waals surface area contributed by atoms with Gasteiger partial charge in [-0.1, -0.05) is 6.42 Å². The van der Waals surface area contributed by atoms with E-state index in [1.165, 1.54) is 19.3 Å². The second-order valence-electron chi connectivity index (χ2n) is 7.67. The normalized spacial score (nSPS) is 23.8. The van der Waals surface area contributed by atoms with E-state index in [0.717, 1.165) is 43.2 Å². The molecule has 1 aliphatic carbocycles. The molecule has 0 bridgehead atoms. The first-order chi connectivity index (χ1) is 12.8. The molecule has 1 atom stereocenters. The maximum Gasteiger partial charge on any atom is 0.249 e. The molecule has 3 aliphatic rings. The third-order valence-electron chi connectivity index (χ3n) is 5.81. The van der Waals surface area contributed by atoms with Gasteiger partial charge in [0.15, 0.2) is 11.5 Å². The number of rotatable bonds is 5. The molecular weight excluding hydrogens is 332 g/mol. The Labute approximate surface area is 151 Å². The maximum atomic E-state index is 12.0. The van der Waals surface area contributed by atoms with Crippen molar-refractivity contribution in [1.29, 1.82) is 0 Å². The van der Waals surface area contributed by atoms with E-state index in [1.807, 2.05) is 16.6 Å². The van der Waals surface area contributed by atoms with E-state index in [-0.39, 0.29) is 12.0 Å². The molecule has 0 spiro atoms. The topological polar surface area (TPSA) is 84.7 Å². The molecule has 26 heavy (non-hydrogen) atoms. The van der Waals surface area contributed by atoms with Crippen molar-refractivity contribution in [3.8, 4) is 0 Å². The number of carbonyl (C=O) groups excluding carboxylic acids is 1. The Morgan fingerprint density at radius 2 is 2.08 bits per heavy atom. The summed E-state index contributed by atoms with van der Waals surface area (Å²) >= 11 is 0. The van der Waals surface area contributed by atoms with Gasteiger partial charge in [-0.3, -0.25) is 4.79 Å². The number of nitrogens with one attached hydrogen (secondary N) is 1.